The number of hydrogen-bond acceptors (Lipinski definition) is 7. The summed E-state index contributed by atoms with van der Waals surface area (Å²) < 4.78 is 26.4. The minimum Gasteiger partial charge on any atom is -0.496 e. The number of nitrogens with one attached hydrogen (secondary N) is 2. The van der Waals surface area contributed by atoms with E-state index in [9.17, 15) is 13.8 Å². The lowest BCUT2D eigenvalue weighted by molar-refractivity contribution is -0.112. The van der Waals surface area contributed by atoms with Gasteiger partial charge in [-0.05, 0) is 47.1 Å². The zero-order valence-electron chi connectivity index (χ0n) is 23.3. The molecule has 0 aliphatic rings. The molecule has 0 bridgehead atoms. The molecule has 4 N–H and O–H groups in total. The molecule has 3 aromatic carbocycles. The molecule has 0 spiro atoms. The first kappa shape index (κ1) is 31.7. The number of carbonyl (C=O) groups is 2. The molecule has 0 radical (unpaired) electrons. The van der Waals surface area contributed by atoms with E-state index in [4.69, 9.17) is 19.7 Å². The van der Waals surface area contributed by atoms with Crippen LogP contribution < -0.4 is 19.5 Å². The Morgan fingerprint density at radius 2 is 1.54 bits per heavy atom. The van der Waals surface area contributed by atoms with E-state index in [1.165, 1.54) is 7.11 Å². The molecule has 0 heterocycles. The molecule has 0 aromatic heterocycles. The van der Waals surface area contributed by atoms with Gasteiger partial charge in [-0.1, -0.05) is 52.0 Å². The molecule has 212 valence electrons. The molecule has 1 amide bonds. The van der Waals surface area contributed by atoms with Gasteiger partial charge >= 0.3 is 0 Å². The number of amides is 1. The van der Waals surface area contributed by atoms with Crippen molar-refractivity contribution < 1.29 is 33.5 Å². The highest BCUT2D eigenvalue weighted by Gasteiger charge is 2.25. The number of aliphatic hydroxyl groups is 2. The van der Waals surface area contributed by atoms with Gasteiger partial charge in [-0.3, -0.25) is 9.59 Å². The Morgan fingerprint density at radius 3 is 2.08 bits per heavy atom. The lowest BCUT2D eigenvalue weighted by Gasteiger charge is -2.24. The normalized spacial score (nSPS) is 11.7. The second-order valence-corrected chi connectivity index (χ2v) is 10.9. The van der Waals surface area contributed by atoms with Crippen molar-refractivity contribution in [1.29, 1.82) is 0 Å². The largest absolute Gasteiger partial charge is 0.496 e. The summed E-state index contributed by atoms with van der Waals surface area (Å²) in [7, 11) is 1.71. The van der Waals surface area contributed by atoms with Crippen LogP contribution in [-0.4, -0.2) is 59.3 Å². The number of benzene rings is 3. The van der Waals surface area contributed by atoms with Gasteiger partial charge in [-0.15, -0.1) is 0 Å². The summed E-state index contributed by atoms with van der Waals surface area (Å²) in [6.07, 6.45) is 0.745. The fraction of sp³-hybridized carbons (Fsp3) is 0.379. The SMILES string of the molecule is CCCS(=O)Nc1cc(C(C)(C)C)cc(NC(=O)C(=O)c2ccc(OC)c3ccccc23)c1OC.OCCO. The number of Topliss-reactive ketones (excluding diaryl/α,β-unsaturated/α-hetero) is 1. The standard InChI is InChI=1S/C27H32N2O5S.C2H6O2/c1-7-14-35(32)29-22-16-17(27(2,3)4)15-21(25(22)34-6)28-26(31)24(30)20-12-13-23(33-5)19-11-9-8-10-18(19)20;3-1-2-4/h8-13,15-16,29H,7,14H2,1-6H3,(H,28,31);3-4H,1-2H2. The smallest absolute Gasteiger partial charge is 0.296 e. The van der Waals surface area contributed by atoms with E-state index in [2.05, 4.69) is 10.0 Å². The van der Waals surface area contributed by atoms with E-state index in [0.717, 1.165) is 17.4 Å². The minimum absolute atomic E-state index is 0.125. The fourth-order valence-corrected chi connectivity index (χ4v) is 4.63. The highest BCUT2D eigenvalue weighted by Crippen LogP contribution is 2.39. The first-order valence-corrected chi connectivity index (χ1v) is 13.8. The summed E-state index contributed by atoms with van der Waals surface area (Å²) in [6.45, 7) is 7.79. The summed E-state index contributed by atoms with van der Waals surface area (Å²) in [5.74, 6) is -0.0919. The van der Waals surface area contributed by atoms with Crippen LogP contribution in [0.5, 0.6) is 11.5 Å². The van der Waals surface area contributed by atoms with E-state index in [-0.39, 0.29) is 24.2 Å². The monoisotopic (exact) mass is 558 g/mol. The average molecular weight is 559 g/mol. The number of methoxy groups -OCH3 is 2. The lowest BCUT2D eigenvalue weighted by atomic mass is 9.86. The summed E-state index contributed by atoms with van der Waals surface area (Å²) >= 11 is 0. The van der Waals surface area contributed by atoms with Gasteiger partial charge in [0.2, 0.25) is 0 Å². The second kappa shape index (κ2) is 14.6. The van der Waals surface area contributed by atoms with Gasteiger partial charge in [-0.25, -0.2) is 4.21 Å². The van der Waals surface area contributed by atoms with E-state index < -0.39 is 22.7 Å². The van der Waals surface area contributed by atoms with Crippen molar-refractivity contribution >= 4 is 44.8 Å². The van der Waals surface area contributed by atoms with Crippen molar-refractivity contribution in [2.45, 2.75) is 39.5 Å². The number of rotatable bonds is 10. The molecular weight excluding hydrogens is 520 g/mol. The number of carbonyl (C=O) groups excluding carboxylic acids is 2. The van der Waals surface area contributed by atoms with Crippen molar-refractivity contribution in [2.75, 3.05) is 43.2 Å². The maximum atomic E-state index is 13.2. The molecule has 10 heteroatoms. The molecule has 39 heavy (non-hydrogen) atoms. The third kappa shape index (κ3) is 8.26. The summed E-state index contributed by atoms with van der Waals surface area (Å²) in [4.78, 5) is 26.4. The molecule has 3 aromatic rings. The van der Waals surface area contributed by atoms with Gasteiger partial charge in [0.25, 0.3) is 11.7 Å². The molecule has 0 aliphatic heterocycles. The van der Waals surface area contributed by atoms with Crippen molar-refractivity contribution in [3.8, 4) is 11.5 Å². The number of hydrogen-bond donors (Lipinski definition) is 4. The lowest BCUT2D eigenvalue weighted by Crippen LogP contribution is -2.24. The molecule has 3 rings (SSSR count). The maximum Gasteiger partial charge on any atom is 0.296 e. The number of fused-ring (bicyclic) bond motifs is 1. The van der Waals surface area contributed by atoms with Crippen molar-refractivity contribution in [2.24, 2.45) is 0 Å². The van der Waals surface area contributed by atoms with E-state index in [1.807, 2.05) is 45.9 Å². The van der Waals surface area contributed by atoms with Crippen LogP contribution in [-0.2, 0) is 21.2 Å². The molecule has 0 saturated carbocycles. The third-order valence-electron chi connectivity index (χ3n) is 5.68. The molecular formula is C29H38N2O7S. The Labute approximate surface area is 232 Å². The first-order valence-electron chi connectivity index (χ1n) is 12.5. The quantitative estimate of drug-likeness (QED) is 0.214. The van der Waals surface area contributed by atoms with Crippen LogP contribution in [0.15, 0.2) is 48.5 Å². The van der Waals surface area contributed by atoms with Crippen LogP contribution >= 0.6 is 0 Å². The summed E-state index contributed by atoms with van der Waals surface area (Å²) in [6, 6.07) is 14.2. The average Bonchev–Trinajstić information content (AvgIpc) is 2.91. The van der Waals surface area contributed by atoms with Gasteiger partial charge in [-0.2, -0.15) is 0 Å². The van der Waals surface area contributed by atoms with Crippen molar-refractivity contribution in [1.82, 2.24) is 0 Å². The van der Waals surface area contributed by atoms with Gasteiger partial charge in [0.05, 0.1) is 38.8 Å². The van der Waals surface area contributed by atoms with Gasteiger partial charge in [0.15, 0.2) is 5.75 Å². The van der Waals surface area contributed by atoms with Crippen LogP contribution in [0.2, 0.25) is 0 Å². The van der Waals surface area contributed by atoms with Crippen LogP contribution in [0.25, 0.3) is 10.8 Å². The number of aliphatic hydroxyl groups excluding tert-OH is 2. The van der Waals surface area contributed by atoms with Crippen LogP contribution in [0, 0.1) is 0 Å². The fourth-order valence-electron chi connectivity index (χ4n) is 3.76. The molecule has 0 aliphatic carbocycles. The minimum atomic E-state index is -1.32. The molecule has 9 nitrogen and oxygen atoms in total. The summed E-state index contributed by atoms with van der Waals surface area (Å²) in [5.41, 5.74) is 1.69. The van der Waals surface area contributed by atoms with Crippen LogP contribution in [0.3, 0.4) is 0 Å². The Balaban J connectivity index is 0.00000124. The highest BCUT2D eigenvalue weighted by molar-refractivity contribution is 7.86. The predicted octanol–water partition coefficient (Wildman–Crippen LogP) is 4.43. The molecule has 0 saturated heterocycles. The van der Waals surface area contributed by atoms with Crippen molar-refractivity contribution in [3.05, 3.63) is 59.7 Å². The zero-order valence-corrected chi connectivity index (χ0v) is 24.1. The molecule has 1 unspecified atom stereocenters. The van der Waals surface area contributed by atoms with Gasteiger partial charge < -0.3 is 29.7 Å². The number of anilines is 2. The second-order valence-electron chi connectivity index (χ2n) is 9.60. The zero-order chi connectivity index (χ0) is 29.2. The van der Waals surface area contributed by atoms with Crippen molar-refractivity contribution in [3.63, 3.8) is 0 Å². The Hall–Kier alpha value is -3.47. The van der Waals surface area contributed by atoms with E-state index in [1.54, 1.807) is 37.4 Å². The Kier molecular flexibility index (Phi) is 11.9. The number of ketones is 1. The van der Waals surface area contributed by atoms with E-state index in [0.29, 0.717) is 34.0 Å². The Morgan fingerprint density at radius 1 is 0.923 bits per heavy atom. The first-order chi connectivity index (χ1) is 18.5. The summed E-state index contributed by atoms with van der Waals surface area (Å²) in [5, 5.41) is 19.3. The topological polar surface area (TPSA) is 134 Å². The van der Waals surface area contributed by atoms with Gasteiger partial charge in [0, 0.05) is 16.7 Å². The molecule has 1 atom stereocenters. The maximum absolute atomic E-state index is 13.2. The number of ether oxygens (including phenoxy) is 2. The molecule has 0 fully saturated rings. The third-order valence-corrected chi connectivity index (χ3v) is 6.90. The predicted molar refractivity (Wildman–Crippen MR) is 156 cm³/mol. The van der Waals surface area contributed by atoms with E-state index >= 15 is 0 Å². The highest BCUT2D eigenvalue weighted by atomic mass is 32.2. The Bertz CT molecular complexity index is 1320. The van der Waals surface area contributed by atoms with Crippen LogP contribution in [0.1, 0.15) is 50.0 Å². The van der Waals surface area contributed by atoms with Crippen LogP contribution in [0.4, 0.5) is 11.4 Å². The van der Waals surface area contributed by atoms with Gasteiger partial charge in [0.1, 0.15) is 16.7 Å².